The normalized spacial score (nSPS) is 17.4. The summed E-state index contributed by atoms with van der Waals surface area (Å²) in [6.07, 6.45) is -6.45. The summed E-state index contributed by atoms with van der Waals surface area (Å²) in [6, 6.07) is 2.58. The summed E-state index contributed by atoms with van der Waals surface area (Å²) >= 11 is 0. The summed E-state index contributed by atoms with van der Waals surface area (Å²) in [6.45, 7) is 0. The molecule has 0 aromatic heterocycles. The summed E-state index contributed by atoms with van der Waals surface area (Å²) in [4.78, 5) is 11.0. The fraction of sp³-hybridized carbons (Fsp3) is 0.308. The number of aliphatic carboxylic acids is 1. The molecule has 0 aliphatic carbocycles. The maximum atomic E-state index is 12.9. The van der Waals surface area contributed by atoms with Gasteiger partial charge in [0.15, 0.2) is 11.5 Å². The first-order chi connectivity index (χ1) is 9.77. The summed E-state index contributed by atoms with van der Waals surface area (Å²) in [5.41, 5.74) is -0.715. The molecule has 0 radical (unpaired) electrons. The molecular weight excluding hydrogens is 293 g/mol. The van der Waals surface area contributed by atoms with Gasteiger partial charge in [0.1, 0.15) is 5.75 Å². The molecule has 21 heavy (non-hydrogen) atoms. The molecule has 0 amide bonds. The van der Waals surface area contributed by atoms with Crippen molar-refractivity contribution in [2.24, 2.45) is 0 Å². The number of rotatable bonds is 3. The molecule has 0 bridgehead atoms. The van der Waals surface area contributed by atoms with Gasteiger partial charge in [-0.15, -0.1) is 0 Å². The van der Waals surface area contributed by atoms with E-state index < -0.39 is 23.8 Å². The Morgan fingerprint density at radius 1 is 1.24 bits per heavy atom. The second-order valence-electron chi connectivity index (χ2n) is 4.19. The molecule has 1 aliphatic heterocycles. The van der Waals surface area contributed by atoms with Gasteiger partial charge in [-0.25, -0.2) is 4.79 Å². The average Bonchev–Trinajstić information content (AvgIpc) is 2.43. The summed E-state index contributed by atoms with van der Waals surface area (Å²) in [7, 11) is 2.68. The number of carbonyl (C=O) groups is 1. The van der Waals surface area contributed by atoms with Gasteiger partial charge in [-0.3, -0.25) is 0 Å². The molecule has 0 spiro atoms. The van der Waals surface area contributed by atoms with Crippen molar-refractivity contribution in [3.05, 3.63) is 23.3 Å². The summed E-state index contributed by atoms with van der Waals surface area (Å²) in [5, 5.41) is 8.92. The van der Waals surface area contributed by atoms with Crippen LogP contribution in [0.15, 0.2) is 17.7 Å². The number of ether oxygens (including phenoxy) is 3. The lowest BCUT2D eigenvalue weighted by Gasteiger charge is -2.27. The first-order valence-electron chi connectivity index (χ1n) is 5.72. The third-order valence-electron chi connectivity index (χ3n) is 2.90. The van der Waals surface area contributed by atoms with E-state index in [0.717, 1.165) is 6.08 Å². The van der Waals surface area contributed by atoms with Crippen LogP contribution in [0.5, 0.6) is 17.2 Å². The van der Waals surface area contributed by atoms with Crippen molar-refractivity contribution in [3.8, 4) is 17.2 Å². The minimum Gasteiger partial charge on any atom is -0.493 e. The molecule has 8 heteroatoms. The Hall–Kier alpha value is -2.38. The molecule has 0 saturated carbocycles. The van der Waals surface area contributed by atoms with E-state index >= 15 is 0 Å². The molecule has 1 atom stereocenters. The van der Waals surface area contributed by atoms with Gasteiger partial charge >= 0.3 is 12.1 Å². The van der Waals surface area contributed by atoms with E-state index in [2.05, 4.69) is 0 Å². The van der Waals surface area contributed by atoms with Crippen molar-refractivity contribution >= 4 is 12.0 Å². The Labute approximate surface area is 117 Å². The van der Waals surface area contributed by atoms with Crippen molar-refractivity contribution in [2.45, 2.75) is 12.3 Å². The van der Waals surface area contributed by atoms with E-state index in [1.807, 2.05) is 0 Å². The minimum absolute atomic E-state index is 0.125. The van der Waals surface area contributed by atoms with Gasteiger partial charge in [0.05, 0.1) is 19.8 Å². The van der Waals surface area contributed by atoms with E-state index in [9.17, 15) is 18.0 Å². The number of alkyl halides is 3. The Morgan fingerprint density at radius 3 is 2.29 bits per heavy atom. The van der Waals surface area contributed by atoms with E-state index in [1.165, 1.54) is 26.4 Å². The van der Waals surface area contributed by atoms with Crippen LogP contribution >= 0.6 is 0 Å². The van der Waals surface area contributed by atoms with Crippen LogP contribution in [0.3, 0.4) is 0 Å². The van der Waals surface area contributed by atoms with E-state index in [4.69, 9.17) is 19.3 Å². The fourth-order valence-electron chi connectivity index (χ4n) is 1.94. The Bertz CT molecular complexity index is 607. The zero-order valence-electron chi connectivity index (χ0n) is 11.0. The fourth-order valence-corrected chi connectivity index (χ4v) is 1.94. The first kappa shape index (κ1) is 15.0. The second kappa shape index (κ2) is 5.19. The number of halogens is 3. The van der Waals surface area contributed by atoms with Crippen molar-refractivity contribution in [3.63, 3.8) is 0 Å². The van der Waals surface area contributed by atoms with E-state index in [-0.39, 0.29) is 22.8 Å². The number of carboxylic acid groups (broad SMARTS) is 1. The molecule has 0 fully saturated rings. The lowest BCUT2D eigenvalue weighted by molar-refractivity contribution is -0.187. The Kier molecular flexibility index (Phi) is 3.71. The highest BCUT2D eigenvalue weighted by molar-refractivity contribution is 5.95. The molecule has 1 aromatic rings. The highest BCUT2D eigenvalue weighted by atomic mass is 19.4. The molecule has 0 saturated heterocycles. The average molecular weight is 304 g/mol. The van der Waals surface area contributed by atoms with Crippen LogP contribution in [0.4, 0.5) is 13.2 Å². The largest absolute Gasteiger partial charge is 0.493 e. The highest BCUT2D eigenvalue weighted by Gasteiger charge is 2.48. The summed E-state index contributed by atoms with van der Waals surface area (Å²) in [5.74, 6) is -1.38. The SMILES string of the molecule is COc1cc2c(cc1OC)OC(C(F)(F)F)C(C(=O)O)=C2. The number of hydrogen-bond acceptors (Lipinski definition) is 4. The minimum atomic E-state index is -4.84. The molecule has 1 N–H and O–H groups in total. The van der Waals surface area contributed by atoms with Crippen LogP contribution in [0.25, 0.3) is 6.08 Å². The van der Waals surface area contributed by atoms with Crippen LogP contribution in [0.2, 0.25) is 0 Å². The molecule has 5 nitrogen and oxygen atoms in total. The summed E-state index contributed by atoms with van der Waals surface area (Å²) < 4.78 is 53.5. The second-order valence-corrected chi connectivity index (χ2v) is 4.19. The van der Waals surface area contributed by atoms with Crippen LogP contribution < -0.4 is 14.2 Å². The number of benzene rings is 1. The quantitative estimate of drug-likeness (QED) is 0.929. The smallest absolute Gasteiger partial charge is 0.430 e. The molecule has 1 aromatic carbocycles. The third kappa shape index (κ3) is 2.74. The van der Waals surface area contributed by atoms with Gasteiger partial charge in [-0.1, -0.05) is 0 Å². The zero-order valence-corrected chi connectivity index (χ0v) is 11.0. The predicted molar refractivity (Wildman–Crippen MR) is 65.6 cm³/mol. The molecule has 2 rings (SSSR count). The van der Waals surface area contributed by atoms with Crippen molar-refractivity contribution < 1.29 is 37.3 Å². The maximum absolute atomic E-state index is 12.9. The van der Waals surface area contributed by atoms with Gasteiger partial charge in [-0.2, -0.15) is 13.2 Å². The van der Waals surface area contributed by atoms with E-state index in [1.54, 1.807) is 0 Å². The van der Waals surface area contributed by atoms with Crippen LogP contribution in [0.1, 0.15) is 5.56 Å². The van der Waals surface area contributed by atoms with E-state index in [0.29, 0.717) is 0 Å². The molecule has 1 heterocycles. The molecule has 1 unspecified atom stereocenters. The zero-order chi connectivity index (χ0) is 15.8. The van der Waals surface area contributed by atoms with Gasteiger partial charge in [0.25, 0.3) is 0 Å². The van der Waals surface area contributed by atoms with Crippen molar-refractivity contribution in [1.29, 1.82) is 0 Å². The van der Waals surface area contributed by atoms with Crippen molar-refractivity contribution in [2.75, 3.05) is 14.2 Å². The predicted octanol–water partition coefficient (Wildman–Crippen LogP) is 2.50. The van der Waals surface area contributed by atoms with Crippen LogP contribution in [-0.4, -0.2) is 37.6 Å². The lowest BCUT2D eigenvalue weighted by Crippen LogP contribution is -2.40. The molecular formula is C13H11F3O5. The maximum Gasteiger partial charge on any atom is 0.430 e. The van der Waals surface area contributed by atoms with Gasteiger partial charge in [0, 0.05) is 11.6 Å². The first-order valence-corrected chi connectivity index (χ1v) is 5.72. The lowest BCUT2D eigenvalue weighted by atomic mass is 10.0. The van der Waals surface area contributed by atoms with Gasteiger partial charge in [0.2, 0.25) is 6.10 Å². The number of hydrogen-bond donors (Lipinski definition) is 1. The van der Waals surface area contributed by atoms with Gasteiger partial charge in [-0.05, 0) is 12.1 Å². The number of methoxy groups -OCH3 is 2. The topological polar surface area (TPSA) is 65.0 Å². The standard InChI is InChI=1S/C13H11F3O5/c1-19-9-4-6-3-7(12(17)18)11(13(14,15)16)21-8(6)5-10(9)20-2/h3-5,11H,1-2H3,(H,17,18). The molecule has 1 aliphatic rings. The van der Waals surface area contributed by atoms with Crippen LogP contribution in [-0.2, 0) is 4.79 Å². The van der Waals surface area contributed by atoms with Gasteiger partial charge < -0.3 is 19.3 Å². The van der Waals surface area contributed by atoms with Crippen LogP contribution in [0, 0.1) is 0 Å². The number of carboxylic acids is 1. The third-order valence-corrected chi connectivity index (χ3v) is 2.90. The molecule has 114 valence electrons. The van der Waals surface area contributed by atoms with Crippen molar-refractivity contribution in [1.82, 2.24) is 0 Å². The monoisotopic (exact) mass is 304 g/mol. The Balaban J connectivity index is 2.58. The Morgan fingerprint density at radius 2 is 1.81 bits per heavy atom. The number of fused-ring (bicyclic) bond motifs is 1. The highest BCUT2D eigenvalue weighted by Crippen LogP contribution is 2.42.